The van der Waals surface area contributed by atoms with Crippen molar-refractivity contribution < 1.29 is 4.79 Å². The molecule has 5 nitrogen and oxygen atoms in total. The summed E-state index contributed by atoms with van der Waals surface area (Å²) in [5, 5.41) is 0.762. The molecule has 0 fully saturated rings. The lowest BCUT2D eigenvalue weighted by Gasteiger charge is -2.18. The summed E-state index contributed by atoms with van der Waals surface area (Å²) in [4.78, 5) is 30.1. The predicted octanol–water partition coefficient (Wildman–Crippen LogP) is 4.41. The van der Waals surface area contributed by atoms with Gasteiger partial charge in [-0.2, -0.15) is 0 Å². The molecule has 2 heterocycles. The van der Waals surface area contributed by atoms with Crippen LogP contribution in [0.3, 0.4) is 0 Å². The van der Waals surface area contributed by atoms with Crippen LogP contribution in [0.15, 0.2) is 30.9 Å². The normalized spacial score (nSPS) is 13.4. The molecule has 4 rings (SSSR count). The lowest BCUT2D eigenvalue weighted by Crippen LogP contribution is -2.31. The number of thiazole rings is 1. The number of nitrogens with zero attached hydrogens (tertiary/aromatic N) is 4. The van der Waals surface area contributed by atoms with Gasteiger partial charge in [0.15, 0.2) is 5.13 Å². The van der Waals surface area contributed by atoms with Crippen LogP contribution in [-0.2, 0) is 12.8 Å². The van der Waals surface area contributed by atoms with Gasteiger partial charge in [0.1, 0.15) is 0 Å². The highest BCUT2D eigenvalue weighted by Crippen LogP contribution is 2.32. The first-order valence-corrected chi connectivity index (χ1v) is 10.0. The lowest BCUT2D eigenvalue weighted by atomic mass is 10.0. The molecule has 138 valence electrons. The van der Waals surface area contributed by atoms with Crippen molar-refractivity contribution in [2.24, 2.45) is 0 Å². The van der Waals surface area contributed by atoms with E-state index in [4.69, 9.17) is 4.98 Å². The van der Waals surface area contributed by atoms with Crippen molar-refractivity contribution in [3.8, 4) is 0 Å². The Morgan fingerprint density at radius 2 is 1.89 bits per heavy atom. The molecule has 1 aliphatic rings. The summed E-state index contributed by atoms with van der Waals surface area (Å²) in [6.07, 6.45) is 6.19. The van der Waals surface area contributed by atoms with Crippen molar-refractivity contribution in [2.75, 3.05) is 11.4 Å². The van der Waals surface area contributed by atoms with Crippen molar-refractivity contribution in [1.82, 2.24) is 15.0 Å². The first-order valence-electron chi connectivity index (χ1n) is 9.23. The summed E-state index contributed by atoms with van der Waals surface area (Å²) in [6, 6.07) is 5.50. The van der Waals surface area contributed by atoms with E-state index in [0.717, 1.165) is 46.1 Å². The van der Waals surface area contributed by atoms with Crippen LogP contribution in [0.25, 0.3) is 11.0 Å². The Hall–Kier alpha value is -2.60. The Morgan fingerprint density at radius 1 is 1.15 bits per heavy atom. The van der Waals surface area contributed by atoms with Crippen LogP contribution in [0.5, 0.6) is 0 Å². The molecule has 6 heteroatoms. The number of hydrogen-bond donors (Lipinski definition) is 0. The van der Waals surface area contributed by atoms with Crippen molar-refractivity contribution in [3.05, 3.63) is 58.4 Å². The quantitative estimate of drug-likeness (QED) is 0.631. The molecular weight excluding hydrogens is 356 g/mol. The molecule has 0 radical (unpaired) electrons. The van der Waals surface area contributed by atoms with Crippen LogP contribution in [0.4, 0.5) is 5.13 Å². The number of aryl methyl sites for hydroxylation is 4. The van der Waals surface area contributed by atoms with Gasteiger partial charge in [-0.15, -0.1) is 17.9 Å². The van der Waals surface area contributed by atoms with E-state index in [1.54, 1.807) is 22.3 Å². The van der Waals surface area contributed by atoms with Gasteiger partial charge in [-0.1, -0.05) is 6.08 Å². The van der Waals surface area contributed by atoms with E-state index in [-0.39, 0.29) is 5.91 Å². The molecule has 0 saturated carbocycles. The van der Waals surface area contributed by atoms with Crippen LogP contribution >= 0.6 is 11.3 Å². The van der Waals surface area contributed by atoms with Gasteiger partial charge in [0.2, 0.25) is 0 Å². The highest BCUT2D eigenvalue weighted by Gasteiger charge is 2.23. The molecule has 1 aromatic carbocycles. The van der Waals surface area contributed by atoms with Crippen LogP contribution in [0.1, 0.15) is 45.2 Å². The molecule has 27 heavy (non-hydrogen) atoms. The largest absolute Gasteiger partial charge is 0.280 e. The van der Waals surface area contributed by atoms with Gasteiger partial charge in [0, 0.05) is 17.0 Å². The third-order valence-electron chi connectivity index (χ3n) is 4.94. The Balaban J connectivity index is 1.71. The number of carbonyl (C=O) groups excluding carboxylic acids is 1. The summed E-state index contributed by atoms with van der Waals surface area (Å²) >= 11 is 1.63. The van der Waals surface area contributed by atoms with Crippen molar-refractivity contribution in [3.63, 3.8) is 0 Å². The highest BCUT2D eigenvalue weighted by atomic mass is 32.1. The van der Waals surface area contributed by atoms with E-state index < -0.39 is 0 Å². The van der Waals surface area contributed by atoms with Gasteiger partial charge >= 0.3 is 0 Å². The molecule has 3 aromatic rings. The fourth-order valence-electron chi connectivity index (χ4n) is 3.35. The van der Waals surface area contributed by atoms with Crippen LogP contribution in [0, 0.1) is 13.8 Å². The fourth-order valence-corrected chi connectivity index (χ4v) is 4.51. The maximum Gasteiger partial charge on any atom is 0.260 e. The number of carbonyl (C=O) groups is 1. The monoisotopic (exact) mass is 378 g/mol. The summed E-state index contributed by atoms with van der Waals surface area (Å²) in [7, 11) is 0. The van der Waals surface area contributed by atoms with E-state index in [2.05, 4.69) is 16.5 Å². The number of anilines is 1. The zero-order valence-electron chi connectivity index (χ0n) is 15.7. The molecule has 0 unspecified atom stereocenters. The van der Waals surface area contributed by atoms with E-state index in [0.29, 0.717) is 12.1 Å². The van der Waals surface area contributed by atoms with E-state index in [9.17, 15) is 4.79 Å². The summed E-state index contributed by atoms with van der Waals surface area (Å²) in [5.74, 6) is -0.0806. The first-order chi connectivity index (χ1) is 13.1. The molecule has 0 saturated heterocycles. The highest BCUT2D eigenvalue weighted by molar-refractivity contribution is 7.16. The Labute approximate surface area is 162 Å². The number of benzene rings is 1. The molecule has 1 amide bonds. The second-order valence-corrected chi connectivity index (χ2v) is 7.94. The minimum absolute atomic E-state index is 0.0806. The van der Waals surface area contributed by atoms with Gasteiger partial charge in [-0.3, -0.25) is 9.69 Å². The minimum atomic E-state index is -0.0806. The van der Waals surface area contributed by atoms with E-state index in [1.807, 2.05) is 32.0 Å². The van der Waals surface area contributed by atoms with Crippen molar-refractivity contribution in [1.29, 1.82) is 0 Å². The minimum Gasteiger partial charge on any atom is -0.280 e. The molecule has 0 bridgehead atoms. The summed E-state index contributed by atoms with van der Waals surface area (Å²) in [5.41, 5.74) is 5.06. The Kier molecular flexibility index (Phi) is 4.74. The number of amides is 1. The van der Waals surface area contributed by atoms with Gasteiger partial charge in [0.25, 0.3) is 5.91 Å². The van der Waals surface area contributed by atoms with Crippen molar-refractivity contribution in [2.45, 2.75) is 39.5 Å². The van der Waals surface area contributed by atoms with Crippen molar-refractivity contribution >= 4 is 33.4 Å². The third-order valence-corrected chi connectivity index (χ3v) is 6.12. The maximum atomic E-state index is 13.2. The predicted molar refractivity (Wildman–Crippen MR) is 110 cm³/mol. The van der Waals surface area contributed by atoms with Gasteiger partial charge in [-0.25, -0.2) is 15.0 Å². The van der Waals surface area contributed by atoms with Gasteiger partial charge < -0.3 is 0 Å². The number of hydrogen-bond acceptors (Lipinski definition) is 5. The molecule has 1 aliphatic carbocycles. The van der Waals surface area contributed by atoms with Gasteiger partial charge in [0.05, 0.1) is 28.1 Å². The zero-order valence-corrected chi connectivity index (χ0v) is 16.5. The molecule has 0 atom stereocenters. The average Bonchev–Trinajstić information content (AvgIpc) is 3.10. The van der Waals surface area contributed by atoms with Crippen LogP contribution in [0.2, 0.25) is 0 Å². The lowest BCUT2D eigenvalue weighted by molar-refractivity contribution is 0.0990. The molecule has 2 aromatic heterocycles. The van der Waals surface area contributed by atoms with Crippen LogP contribution < -0.4 is 4.90 Å². The summed E-state index contributed by atoms with van der Waals surface area (Å²) < 4.78 is 0. The first kappa shape index (κ1) is 17.8. The Bertz CT molecular complexity index is 1020. The smallest absolute Gasteiger partial charge is 0.260 e. The number of fused-ring (bicyclic) bond motifs is 2. The average molecular weight is 379 g/mol. The topological polar surface area (TPSA) is 59.0 Å². The molecular formula is C21H22N4OS. The molecule has 0 spiro atoms. The van der Waals surface area contributed by atoms with Gasteiger partial charge in [-0.05, 0) is 57.7 Å². The second-order valence-electron chi connectivity index (χ2n) is 6.88. The second kappa shape index (κ2) is 7.19. The molecule has 0 aliphatic heterocycles. The maximum absolute atomic E-state index is 13.2. The van der Waals surface area contributed by atoms with E-state index in [1.165, 1.54) is 17.7 Å². The Morgan fingerprint density at radius 3 is 2.63 bits per heavy atom. The SMILES string of the molecule is C=CCN(C(=O)c1ccc2nc(C)c(C)nc2c1)c1nc2c(s1)CCCC2. The summed E-state index contributed by atoms with van der Waals surface area (Å²) in [6.45, 7) is 8.12. The van der Waals surface area contributed by atoms with E-state index >= 15 is 0 Å². The van der Waals surface area contributed by atoms with Crippen LogP contribution in [-0.4, -0.2) is 27.4 Å². The zero-order chi connectivity index (χ0) is 19.0. The number of aromatic nitrogens is 3. The standard InChI is InChI=1S/C21H22N4OS/c1-4-11-25(21-24-17-7-5-6-8-19(17)27-21)20(26)15-9-10-16-18(12-15)23-14(3)13(2)22-16/h4,9-10,12H,1,5-8,11H2,2-3H3. The molecule has 0 N–H and O–H groups in total. The third kappa shape index (κ3) is 3.37. The number of rotatable bonds is 4. The fraction of sp³-hybridized carbons (Fsp3) is 0.333.